The molecule has 0 aliphatic carbocycles. The minimum absolute atomic E-state index is 0.119. The minimum atomic E-state index is 0.119. The Hall–Kier alpha value is -0.920. The van der Waals surface area contributed by atoms with E-state index in [1.165, 1.54) is 0 Å². The van der Waals surface area contributed by atoms with Gasteiger partial charge in [-0.3, -0.25) is 0 Å². The normalized spacial score (nSPS) is 10.5. The smallest absolute Gasteiger partial charge is 0.322 e. The van der Waals surface area contributed by atoms with Crippen LogP contribution >= 0.6 is 38.9 Å². The number of nitrogens with zero attached hydrogens (tertiary/aromatic N) is 3. The standard InChI is InChI=1S/C11H12BrClN4OS/c1-2-4-18-11-16-9(13)15-10(17-11)14-6-8-7(12)3-5-19-8/h3,5H,2,4,6H2,1H3,(H,14,15,16,17). The molecule has 19 heavy (non-hydrogen) atoms. The molecule has 0 fully saturated rings. The molecule has 0 saturated carbocycles. The monoisotopic (exact) mass is 362 g/mol. The molecular weight excluding hydrogens is 352 g/mol. The molecule has 2 rings (SSSR count). The van der Waals surface area contributed by atoms with E-state index in [-0.39, 0.29) is 11.3 Å². The molecule has 1 N–H and O–H groups in total. The fraction of sp³-hybridized carbons (Fsp3) is 0.364. The summed E-state index contributed by atoms with van der Waals surface area (Å²) in [4.78, 5) is 13.2. The molecule has 0 bridgehead atoms. The van der Waals surface area contributed by atoms with Crippen molar-refractivity contribution in [1.29, 1.82) is 0 Å². The van der Waals surface area contributed by atoms with Crippen LogP contribution in [0, 0.1) is 0 Å². The van der Waals surface area contributed by atoms with E-state index in [2.05, 4.69) is 36.2 Å². The molecule has 0 unspecified atom stereocenters. The third kappa shape index (κ3) is 4.29. The molecule has 0 saturated heterocycles. The maximum absolute atomic E-state index is 5.83. The Bertz CT molecular complexity index is 551. The quantitative estimate of drug-likeness (QED) is 0.847. The van der Waals surface area contributed by atoms with E-state index in [9.17, 15) is 0 Å². The molecular formula is C11H12BrClN4OS. The lowest BCUT2D eigenvalue weighted by molar-refractivity contribution is 0.291. The van der Waals surface area contributed by atoms with E-state index < -0.39 is 0 Å². The number of nitrogens with one attached hydrogen (secondary N) is 1. The van der Waals surface area contributed by atoms with Crippen molar-refractivity contribution in [3.8, 4) is 6.01 Å². The first kappa shape index (κ1) is 14.5. The summed E-state index contributed by atoms with van der Waals surface area (Å²) >= 11 is 10.9. The zero-order valence-corrected chi connectivity index (χ0v) is 13.3. The van der Waals surface area contributed by atoms with Crippen LogP contribution in [0.3, 0.4) is 0 Å². The summed E-state index contributed by atoms with van der Waals surface area (Å²) in [6, 6.07) is 2.24. The Labute approximate surface area is 128 Å². The first-order chi connectivity index (χ1) is 9.19. The summed E-state index contributed by atoms with van der Waals surface area (Å²) in [5, 5.41) is 5.23. The fourth-order valence-corrected chi connectivity index (χ4v) is 2.86. The van der Waals surface area contributed by atoms with Crippen LogP contribution in [0.4, 0.5) is 5.95 Å². The van der Waals surface area contributed by atoms with Gasteiger partial charge in [0.2, 0.25) is 11.2 Å². The average Bonchev–Trinajstić information content (AvgIpc) is 2.79. The second kappa shape index (κ2) is 7.02. The van der Waals surface area contributed by atoms with E-state index in [1.54, 1.807) is 11.3 Å². The predicted octanol–water partition coefficient (Wildman–Crippen LogP) is 3.75. The van der Waals surface area contributed by atoms with Gasteiger partial charge in [-0.25, -0.2) is 0 Å². The Balaban J connectivity index is 2.03. The van der Waals surface area contributed by atoms with Crippen molar-refractivity contribution in [2.75, 3.05) is 11.9 Å². The second-order valence-corrected chi connectivity index (χ2v) is 5.80. The highest BCUT2D eigenvalue weighted by Crippen LogP contribution is 2.23. The molecule has 0 amide bonds. The third-order valence-electron chi connectivity index (χ3n) is 2.12. The molecule has 0 atom stereocenters. The molecule has 2 aromatic heterocycles. The lowest BCUT2D eigenvalue weighted by Gasteiger charge is -2.06. The first-order valence-electron chi connectivity index (χ1n) is 5.69. The Morgan fingerprint density at radius 2 is 2.26 bits per heavy atom. The molecule has 2 aromatic rings. The van der Waals surface area contributed by atoms with Crippen molar-refractivity contribution in [3.05, 3.63) is 26.1 Å². The Morgan fingerprint density at radius 1 is 1.42 bits per heavy atom. The number of anilines is 1. The van der Waals surface area contributed by atoms with Crippen LogP contribution in [0.2, 0.25) is 5.28 Å². The summed E-state index contributed by atoms with van der Waals surface area (Å²) in [5.74, 6) is 0.409. The molecule has 2 heterocycles. The van der Waals surface area contributed by atoms with Crippen LogP contribution in [0.1, 0.15) is 18.2 Å². The molecule has 5 nitrogen and oxygen atoms in total. The van der Waals surface area contributed by atoms with E-state index in [4.69, 9.17) is 16.3 Å². The molecule has 0 aliphatic heterocycles. The molecule has 8 heteroatoms. The largest absolute Gasteiger partial charge is 0.463 e. The van der Waals surface area contributed by atoms with E-state index in [1.807, 2.05) is 18.4 Å². The van der Waals surface area contributed by atoms with E-state index in [0.717, 1.165) is 15.8 Å². The van der Waals surface area contributed by atoms with Gasteiger partial charge in [-0.05, 0) is 45.4 Å². The van der Waals surface area contributed by atoms with Gasteiger partial charge in [0, 0.05) is 9.35 Å². The first-order valence-corrected chi connectivity index (χ1v) is 7.74. The summed E-state index contributed by atoms with van der Waals surface area (Å²) < 4.78 is 6.41. The zero-order valence-electron chi connectivity index (χ0n) is 10.2. The number of hydrogen-bond acceptors (Lipinski definition) is 6. The van der Waals surface area contributed by atoms with Gasteiger partial charge in [0.25, 0.3) is 0 Å². The molecule has 0 spiro atoms. The van der Waals surface area contributed by atoms with Crippen LogP contribution in [-0.4, -0.2) is 21.6 Å². The molecule has 0 aliphatic rings. The van der Waals surface area contributed by atoms with Gasteiger partial charge in [-0.2, -0.15) is 15.0 Å². The maximum atomic E-state index is 5.83. The van der Waals surface area contributed by atoms with E-state index >= 15 is 0 Å². The fourth-order valence-electron chi connectivity index (χ4n) is 1.28. The van der Waals surface area contributed by atoms with Crippen LogP contribution in [0.15, 0.2) is 15.9 Å². The van der Waals surface area contributed by atoms with Gasteiger partial charge in [0.15, 0.2) is 0 Å². The molecule has 102 valence electrons. The van der Waals surface area contributed by atoms with Crippen molar-refractivity contribution in [2.24, 2.45) is 0 Å². The average molecular weight is 364 g/mol. The second-order valence-electron chi connectivity index (χ2n) is 3.60. The Morgan fingerprint density at radius 3 is 2.95 bits per heavy atom. The van der Waals surface area contributed by atoms with Crippen LogP contribution in [-0.2, 0) is 6.54 Å². The number of halogens is 2. The lowest BCUT2D eigenvalue weighted by atomic mass is 10.5. The van der Waals surface area contributed by atoms with Gasteiger partial charge in [-0.1, -0.05) is 6.92 Å². The van der Waals surface area contributed by atoms with Crippen molar-refractivity contribution in [1.82, 2.24) is 15.0 Å². The number of hydrogen-bond donors (Lipinski definition) is 1. The van der Waals surface area contributed by atoms with Crippen LogP contribution in [0.5, 0.6) is 6.01 Å². The summed E-state index contributed by atoms with van der Waals surface area (Å²) in [6.45, 7) is 3.18. The highest BCUT2D eigenvalue weighted by atomic mass is 79.9. The molecule has 0 aromatic carbocycles. The van der Waals surface area contributed by atoms with Crippen molar-refractivity contribution in [3.63, 3.8) is 0 Å². The zero-order chi connectivity index (χ0) is 13.7. The van der Waals surface area contributed by atoms with Gasteiger partial charge >= 0.3 is 6.01 Å². The van der Waals surface area contributed by atoms with Crippen molar-refractivity contribution >= 4 is 44.8 Å². The summed E-state index contributed by atoms with van der Waals surface area (Å²) in [6.07, 6.45) is 0.883. The number of aromatic nitrogens is 3. The highest BCUT2D eigenvalue weighted by molar-refractivity contribution is 9.10. The highest BCUT2D eigenvalue weighted by Gasteiger charge is 2.07. The number of rotatable bonds is 6. The Kier molecular flexibility index (Phi) is 5.35. The van der Waals surface area contributed by atoms with Crippen molar-refractivity contribution in [2.45, 2.75) is 19.9 Å². The van der Waals surface area contributed by atoms with Gasteiger partial charge < -0.3 is 10.1 Å². The van der Waals surface area contributed by atoms with Crippen molar-refractivity contribution < 1.29 is 4.74 Å². The van der Waals surface area contributed by atoms with Gasteiger partial charge in [0.1, 0.15) is 0 Å². The SMILES string of the molecule is CCCOc1nc(Cl)nc(NCc2sccc2Br)n1. The van der Waals surface area contributed by atoms with Crippen LogP contribution in [0.25, 0.3) is 0 Å². The molecule has 0 radical (unpaired) electrons. The minimum Gasteiger partial charge on any atom is -0.463 e. The lowest BCUT2D eigenvalue weighted by Crippen LogP contribution is -2.07. The summed E-state index contributed by atoms with van der Waals surface area (Å²) in [5.41, 5.74) is 0. The van der Waals surface area contributed by atoms with Gasteiger partial charge in [-0.15, -0.1) is 11.3 Å². The third-order valence-corrected chi connectivity index (χ3v) is 4.22. The van der Waals surface area contributed by atoms with E-state index in [0.29, 0.717) is 19.1 Å². The van der Waals surface area contributed by atoms with Gasteiger partial charge in [0.05, 0.1) is 13.2 Å². The number of thiophene rings is 1. The topological polar surface area (TPSA) is 59.9 Å². The number of ether oxygens (including phenoxy) is 1. The van der Waals surface area contributed by atoms with Crippen LogP contribution < -0.4 is 10.1 Å². The summed E-state index contributed by atoms with van der Waals surface area (Å²) in [7, 11) is 0. The maximum Gasteiger partial charge on any atom is 0.322 e. The predicted molar refractivity (Wildman–Crippen MR) is 80.0 cm³/mol.